The Hall–Kier alpha value is -3.94. The van der Waals surface area contributed by atoms with Gasteiger partial charge in [0, 0.05) is 11.6 Å². The SMILES string of the molecule is O=C(COC(=O)c1cc2c(cc1[N+](=O)[O-])OCCO2)c1ccc2ccccc2c1. The number of nitro benzene ring substituents is 1. The maximum Gasteiger partial charge on any atom is 0.345 e. The first-order valence-corrected chi connectivity index (χ1v) is 8.80. The molecule has 0 saturated heterocycles. The number of ether oxygens (including phenoxy) is 3. The van der Waals surface area contributed by atoms with E-state index in [-0.39, 0.29) is 30.3 Å². The lowest BCUT2D eigenvalue weighted by Gasteiger charge is -2.18. The van der Waals surface area contributed by atoms with Crippen LogP contribution in [-0.4, -0.2) is 36.5 Å². The monoisotopic (exact) mass is 393 g/mol. The fourth-order valence-electron chi connectivity index (χ4n) is 3.05. The van der Waals surface area contributed by atoms with E-state index in [0.717, 1.165) is 16.8 Å². The predicted octanol–water partition coefficient (Wildman–Crippen LogP) is 3.56. The van der Waals surface area contributed by atoms with Crippen LogP contribution in [0.15, 0.2) is 54.6 Å². The molecule has 0 radical (unpaired) electrons. The van der Waals surface area contributed by atoms with E-state index in [2.05, 4.69) is 0 Å². The Labute approximate surface area is 164 Å². The van der Waals surface area contributed by atoms with E-state index in [9.17, 15) is 19.7 Å². The summed E-state index contributed by atoms with van der Waals surface area (Å²) in [4.78, 5) is 35.5. The molecule has 8 heteroatoms. The van der Waals surface area contributed by atoms with E-state index in [1.807, 2.05) is 24.3 Å². The second-order valence-electron chi connectivity index (χ2n) is 6.33. The molecule has 3 aromatic carbocycles. The topological polar surface area (TPSA) is 105 Å². The van der Waals surface area contributed by atoms with E-state index in [1.165, 1.54) is 6.07 Å². The number of ketones is 1. The Kier molecular flexibility index (Phi) is 4.82. The zero-order valence-corrected chi connectivity index (χ0v) is 15.1. The molecule has 29 heavy (non-hydrogen) atoms. The molecule has 0 N–H and O–H groups in total. The van der Waals surface area contributed by atoms with Crippen molar-refractivity contribution in [1.29, 1.82) is 0 Å². The van der Waals surface area contributed by atoms with Crippen molar-refractivity contribution in [2.75, 3.05) is 19.8 Å². The van der Waals surface area contributed by atoms with Crippen molar-refractivity contribution in [3.05, 3.63) is 75.8 Å². The van der Waals surface area contributed by atoms with Gasteiger partial charge in [0.25, 0.3) is 5.69 Å². The molecule has 1 heterocycles. The van der Waals surface area contributed by atoms with Crippen LogP contribution in [0.3, 0.4) is 0 Å². The van der Waals surface area contributed by atoms with Crippen LogP contribution in [0.25, 0.3) is 10.8 Å². The summed E-state index contributed by atoms with van der Waals surface area (Å²) < 4.78 is 15.7. The van der Waals surface area contributed by atoms with Crippen LogP contribution < -0.4 is 9.47 Å². The van der Waals surface area contributed by atoms with Crippen LogP contribution in [0.1, 0.15) is 20.7 Å². The maximum absolute atomic E-state index is 12.4. The molecular weight excluding hydrogens is 378 g/mol. The summed E-state index contributed by atoms with van der Waals surface area (Å²) in [5.74, 6) is -0.992. The predicted molar refractivity (Wildman–Crippen MR) is 103 cm³/mol. The zero-order chi connectivity index (χ0) is 20.4. The fraction of sp³-hybridized carbons (Fsp3) is 0.143. The minimum Gasteiger partial charge on any atom is -0.486 e. The van der Waals surface area contributed by atoms with Crippen molar-refractivity contribution in [2.24, 2.45) is 0 Å². The summed E-state index contributed by atoms with van der Waals surface area (Å²) >= 11 is 0. The van der Waals surface area contributed by atoms with Crippen LogP contribution in [0.5, 0.6) is 11.5 Å². The third-order valence-electron chi connectivity index (χ3n) is 4.48. The van der Waals surface area contributed by atoms with Crippen molar-refractivity contribution in [1.82, 2.24) is 0 Å². The molecule has 3 aromatic rings. The first-order chi connectivity index (χ1) is 14.0. The van der Waals surface area contributed by atoms with Gasteiger partial charge in [0.05, 0.1) is 11.0 Å². The van der Waals surface area contributed by atoms with Gasteiger partial charge in [-0.2, -0.15) is 0 Å². The van der Waals surface area contributed by atoms with Gasteiger partial charge in [-0.25, -0.2) is 4.79 Å². The van der Waals surface area contributed by atoms with E-state index in [0.29, 0.717) is 5.56 Å². The highest BCUT2D eigenvalue weighted by atomic mass is 16.6. The number of benzene rings is 3. The van der Waals surface area contributed by atoms with Crippen LogP contribution in [0.2, 0.25) is 0 Å². The molecule has 146 valence electrons. The highest BCUT2D eigenvalue weighted by Crippen LogP contribution is 2.36. The molecule has 4 rings (SSSR count). The van der Waals surface area contributed by atoms with E-state index < -0.39 is 29.0 Å². The third-order valence-corrected chi connectivity index (χ3v) is 4.48. The quantitative estimate of drug-likeness (QED) is 0.282. The number of esters is 1. The molecule has 0 atom stereocenters. The third kappa shape index (κ3) is 3.73. The van der Waals surface area contributed by atoms with Gasteiger partial charge in [0.15, 0.2) is 23.9 Å². The zero-order valence-electron chi connectivity index (χ0n) is 15.1. The lowest BCUT2D eigenvalue weighted by Crippen LogP contribution is -2.18. The molecule has 0 amide bonds. The summed E-state index contributed by atoms with van der Waals surface area (Å²) in [5, 5.41) is 13.2. The van der Waals surface area contributed by atoms with E-state index >= 15 is 0 Å². The molecule has 0 aliphatic carbocycles. The van der Waals surface area contributed by atoms with Crippen molar-refractivity contribution in [3.8, 4) is 11.5 Å². The molecule has 8 nitrogen and oxygen atoms in total. The summed E-state index contributed by atoms with van der Waals surface area (Å²) in [6, 6.07) is 15.0. The molecule has 1 aliphatic rings. The molecule has 0 saturated carbocycles. The maximum atomic E-state index is 12.4. The van der Waals surface area contributed by atoms with Gasteiger partial charge in [0.1, 0.15) is 18.8 Å². The van der Waals surface area contributed by atoms with Crippen molar-refractivity contribution < 1.29 is 28.7 Å². The average Bonchev–Trinajstić information content (AvgIpc) is 2.75. The highest BCUT2D eigenvalue weighted by Gasteiger charge is 2.27. The number of rotatable bonds is 5. The largest absolute Gasteiger partial charge is 0.486 e. The minimum absolute atomic E-state index is 0.187. The minimum atomic E-state index is -0.984. The van der Waals surface area contributed by atoms with Crippen molar-refractivity contribution >= 4 is 28.2 Å². The lowest BCUT2D eigenvalue weighted by molar-refractivity contribution is -0.385. The number of nitrogens with zero attached hydrogens (tertiary/aromatic N) is 1. The Morgan fingerprint density at radius 2 is 1.66 bits per heavy atom. The van der Waals surface area contributed by atoms with Crippen LogP contribution in [-0.2, 0) is 4.74 Å². The van der Waals surface area contributed by atoms with Gasteiger partial charge in [-0.15, -0.1) is 0 Å². The smallest absolute Gasteiger partial charge is 0.345 e. The van der Waals surface area contributed by atoms with Crippen molar-refractivity contribution in [2.45, 2.75) is 0 Å². The molecular formula is C21H15NO7. The van der Waals surface area contributed by atoms with E-state index in [4.69, 9.17) is 14.2 Å². The normalized spacial score (nSPS) is 12.4. The van der Waals surface area contributed by atoms with Crippen molar-refractivity contribution in [3.63, 3.8) is 0 Å². The second kappa shape index (κ2) is 7.59. The van der Waals surface area contributed by atoms with Gasteiger partial charge in [-0.1, -0.05) is 36.4 Å². The summed E-state index contributed by atoms with van der Waals surface area (Å²) in [5.41, 5.74) is -0.392. The van der Waals surface area contributed by atoms with Gasteiger partial charge in [-0.05, 0) is 16.8 Å². The summed E-state index contributed by atoms with van der Waals surface area (Å²) in [7, 11) is 0. The molecule has 0 fully saturated rings. The molecule has 0 unspecified atom stereocenters. The van der Waals surface area contributed by atoms with Crippen LogP contribution in [0.4, 0.5) is 5.69 Å². The number of fused-ring (bicyclic) bond motifs is 2. The number of carbonyl (C=O) groups is 2. The highest BCUT2D eigenvalue weighted by molar-refractivity contribution is 6.02. The number of carbonyl (C=O) groups excluding carboxylic acids is 2. The van der Waals surface area contributed by atoms with Crippen LogP contribution in [0, 0.1) is 10.1 Å². The Morgan fingerprint density at radius 3 is 2.38 bits per heavy atom. The number of nitro groups is 1. The van der Waals surface area contributed by atoms with Gasteiger partial charge < -0.3 is 14.2 Å². The Morgan fingerprint density at radius 1 is 0.966 bits per heavy atom. The number of hydrogen-bond donors (Lipinski definition) is 0. The second-order valence-corrected chi connectivity index (χ2v) is 6.33. The molecule has 0 spiro atoms. The summed E-state index contributed by atoms with van der Waals surface area (Å²) in [6.45, 7) is -0.0171. The molecule has 0 aromatic heterocycles. The number of hydrogen-bond acceptors (Lipinski definition) is 7. The van der Waals surface area contributed by atoms with Crippen LogP contribution >= 0.6 is 0 Å². The van der Waals surface area contributed by atoms with Gasteiger partial charge in [0.2, 0.25) is 0 Å². The lowest BCUT2D eigenvalue weighted by atomic mass is 10.0. The summed E-state index contributed by atoms with van der Waals surface area (Å²) in [6.07, 6.45) is 0. The fourth-order valence-corrected chi connectivity index (χ4v) is 3.05. The standard InChI is InChI=1S/C21H15NO7/c23-18(15-6-5-13-3-1-2-4-14(13)9-15)12-29-21(24)16-10-19-20(28-8-7-27-19)11-17(16)22(25)26/h1-6,9-11H,7-8,12H2. The average molecular weight is 393 g/mol. The Balaban J connectivity index is 1.53. The molecule has 0 bridgehead atoms. The van der Waals surface area contributed by atoms with E-state index in [1.54, 1.807) is 18.2 Å². The molecule has 1 aliphatic heterocycles. The number of Topliss-reactive ketones (excluding diaryl/α,β-unsaturated/α-hetero) is 1. The first-order valence-electron chi connectivity index (χ1n) is 8.80. The van der Waals surface area contributed by atoms with Gasteiger partial charge in [-0.3, -0.25) is 14.9 Å². The van der Waals surface area contributed by atoms with Gasteiger partial charge >= 0.3 is 5.97 Å². The Bertz CT molecular complexity index is 1140. The first kappa shape index (κ1) is 18.4.